The van der Waals surface area contributed by atoms with Crippen LogP contribution in [0.25, 0.3) is 0 Å². The van der Waals surface area contributed by atoms with Gasteiger partial charge in [-0.1, -0.05) is 0 Å². The molecule has 0 aromatic carbocycles. The van der Waals surface area contributed by atoms with Crippen molar-refractivity contribution in [3.8, 4) is 0 Å². The van der Waals surface area contributed by atoms with E-state index in [2.05, 4.69) is 4.72 Å². The number of carbonyl (C=O) groups excluding carboxylic acids is 1. The summed E-state index contributed by atoms with van der Waals surface area (Å²) in [5.74, 6) is 0.0565. The van der Waals surface area contributed by atoms with Gasteiger partial charge >= 0.3 is 5.97 Å². The Hall–Kier alpha value is -1.52. The van der Waals surface area contributed by atoms with Gasteiger partial charge in [0.25, 0.3) is 15.9 Å². The Balaban J connectivity index is 2.30. The number of furan rings is 1. The summed E-state index contributed by atoms with van der Waals surface area (Å²) in [4.78, 5) is 25.1. The van der Waals surface area contributed by atoms with E-state index in [4.69, 9.17) is 9.52 Å². The third-order valence-corrected chi connectivity index (χ3v) is 5.92. The van der Waals surface area contributed by atoms with Crippen LogP contribution >= 0.6 is 11.8 Å². The lowest BCUT2D eigenvalue weighted by Gasteiger charge is -2.34. The van der Waals surface area contributed by atoms with E-state index in [-0.39, 0.29) is 22.8 Å². The van der Waals surface area contributed by atoms with Gasteiger partial charge in [-0.15, -0.1) is 0 Å². The van der Waals surface area contributed by atoms with Crippen LogP contribution in [0.5, 0.6) is 0 Å². The van der Waals surface area contributed by atoms with Gasteiger partial charge in [0.05, 0.1) is 18.0 Å². The molecule has 0 radical (unpaired) electrons. The van der Waals surface area contributed by atoms with E-state index in [1.54, 1.807) is 11.8 Å². The monoisotopic (exact) mass is 362 g/mol. The molecule has 1 fully saturated rings. The summed E-state index contributed by atoms with van der Waals surface area (Å²) in [6.45, 7) is 1.92. The predicted octanol–water partition coefficient (Wildman–Crippen LogP) is 0.528. The number of sulfonamides is 1. The van der Waals surface area contributed by atoms with Crippen molar-refractivity contribution in [3.05, 3.63) is 17.4 Å². The Morgan fingerprint density at radius 2 is 2.22 bits per heavy atom. The molecule has 23 heavy (non-hydrogen) atoms. The Morgan fingerprint density at radius 3 is 2.83 bits per heavy atom. The van der Waals surface area contributed by atoms with Crippen LogP contribution in [0.2, 0.25) is 0 Å². The highest BCUT2D eigenvalue weighted by atomic mass is 32.2. The van der Waals surface area contributed by atoms with Gasteiger partial charge in [-0.05, 0) is 14.0 Å². The first-order chi connectivity index (χ1) is 10.8. The van der Waals surface area contributed by atoms with Crippen LogP contribution in [0.3, 0.4) is 0 Å². The molecule has 1 amide bonds. The first kappa shape index (κ1) is 17.8. The minimum atomic E-state index is -3.78. The summed E-state index contributed by atoms with van der Waals surface area (Å²) in [6.07, 6.45) is -0.142. The SMILES string of the molecule is CNS(=O)(=O)c1cc(C(=O)N2CCSCC2CC(=O)O)c(C)o1. The molecule has 2 rings (SSSR count). The van der Waals surface area contributed by atoms with Crippen molar-refractivity contribution in [2.75, 3.05) is 25.1 Å². The summed E-state index contributed by atoms with van der Waals surface area (Å²) in [7, 11) is -2.53. The van der Waals surface area contributed by atoms with Gasteiger partial charge in [0.2, 0.25) is 5.09 Å². The lowest BCUT2D eigenvalue weighted by molar-refractivity contribution is -0.138. The van der Waals surface area contributed by atoms with Gasteiger partial charge in [-0.3, -0.25) is 9.59 Å². The fourth-order valence-corrected chi connectivity index (χ4v) is 4.12. The van der Waals surface area contributed by atoms with Gasteiger partial charge in [0, 0.05) is 24.1 Å². The fraction of sp³-hybridized carbons (Fsp3) is 0.538. The second kappa shape index (κ2) is 6.93. The molecular formula is C13H18N2O6S2. The number of nitrogens with zero attached hydrogens (tertiary/aromatic N) is 1. The van der Waals surface area contributed by atoms with Gasteiger partial charge in [-0.25, -0.2) is 13.1 Å². The van der Waals surface area contributed by atoms with E-state index in [9.17, 15) is 18.0 Å². The molecule has 0 aliphatic carbocycles. The maximum absolute atomic E-state index is 12.7. The molecule has 1 unspecified atom stereocenters. The normalized spacial score (nSPS) is 18.9. The molecule has 8 nitrogen and oxygen atoms in total. The first-order valence-corrected chi connectivity index (χ1v) is 9.54. The number of amides is 1. The molecule has 1 saturated heterocycles. The number of hydrogen-bond donors (Lipinski definition) is 2. The molecule has 1 aromatic rings. The quantitative estimate of drug-likeness (QED) is 0.784. The number of rotatable bonds is 5. The van der Waals surface area contributed by atoms with E-state index in [1.807, 2.05) is 0 Å². The van der Waals surface area contributed by atoms with Crippen molar-refractivity contribution in [3.63, 3.8) is 0 Å². The van der Waals surface area contributed by atoms with Crippen LogP contribution in [0.15, 0.2) is 15.6 Å². The summed E-state index contributed by atoms with van der Waals surface area (Å²) >= 11 is 1.59. The van der Waals surface area contributed by atoms with Crippen LogP contribution in [0.4, 0.5) is 0 Å². The van der Waals surface area contributed by atoms with Crippen molar-refractivity contribution < 1.29 is 27.5 Å². The predicted molar refractivity (Wildman–Crippen MR) is 84.1 cm³/mol. The van der Waals surface area contributed by atoms with Crippen LogP contribution in [-0.4, -0.2) is 61.4 Å². The van der Waals surface area contributed by atoms with Gasteiger partial charge in [-0.2, -0.15) is 11.8 Å². The van der Waals surface area contributed by atoms with Gasteiger partial charge < -0.3 is 14.4 Å². The highest BCUT2D eigenvalue weighted by Crippen LogP contribution is 2.25. The van der Waals surface area contributed by atoms with Gasteiger partial charge in [0.1, 0.15) is 5.76 Å². The molecule has 1 atom stereocenters. The molecule has 2 heterocycles. The largest absolute Gasteiger partial charge is 0.481 e. The summed E-state index contributed by atoms with van der Waals surface area (Å²) < 4.78 is 30.8. The number of aryl methyl sites for hydroxylation is 1. The van der Waals surface area contributed by atoms with Crippen molar-refractivity contribution in [2.24, 2.45) is 0 Å². The summed E-state index contributed by atoms with van der Waals surface area (Å²) in [5.41, 5.74) is 0.140. The molecule has 1 aromatic heterocycles. The standard InChI is InChI=1S/C13H18N2O6S2/c1-8-10(6-12(21-8)23(19,20)14-2)13(18)15-3-4-22-7-9(15)5-11(16)17/h6,9,14H,3-5,7H2,1-2H3,(H,16,17). The molecule has 0 saturated carbocycles. The Bertz CT molecular complexity index is 712. The number of carbonyl (C=O) groups is 2. The summed E-state index contributed by atoms with van der Waals surface area (Å²) in [5, 5.41) is 8.65. The number of carboxylic acid groups (broad SMARTS) is 1. The highest BCUT2D eigenvalue weighted by Gasteiger charge is 2.32. The summed E-state index contributed by atoms with van der Waals surface area (Å²) in [6, 6.07) is 0.765. The lowest BCUT2D eigenvalue weighted by atomic mass is 10.1. The maximum Gasteiger partial charge on any atom is 0.305 e. The van der Waals surface area contributed by atoms with Crippen molar-refractivity contribution in [2.45, 2.75) is 24.5 Å². The first-order valence-electron chi connectivity index (χ1n) is 6.90. The number of nitrogens with one attached hydrogen (secondary N) is 1. The zero-order chi connectivity index (χ0) is 17.2. The Labute approximate surface area is 138 Å². The second-order valence-electron chi connectivity index (χ2n) is 5.07. The fourth-order valence-electron chi connectivity index (χ4n) is 2.35. The Morgan fingerprint density at radius 1 is 1.52 bits per heavy atom. The molecule has 128 valence electrons. The number of thioether (sulfide) groups is 1. The average Bonchev–Trinajstić information content (AvgIpc) is 2.89. The Kier molecular flexibility index (Phi) is 5.37. The topological polar surface area (TPSA) is 117 Å². The molecule has 2 N–H and O–H groups in total. The smallest absolute Gasteiger partial charge is 0.305 e. The van der Waals surface area contributed by atoms with Gasteiger partial charge in [0.15, 0.2) is 0 Å². The van der Waals surface area contributed by atoms with Crippen LogP contribution in [0, 0.1) is 6.92 Å². The molecule has 1 aliphatic rings. The van der Waals surface area contributed by atoms with Crippen LogP contribution < -0.4 is 4.72 Å². The van der Waals surface area contributed by atoms with E-state index >= 15 is 0 Å². The number of carboxylic acids is 1. The van der Waals surface area contributed by atoms with E-state index in [1.165, 1.54) is 24.9 Å². The van der Waals surface area contributed by atoms with Crippen molar-refractivity contribution in [1.82, 2.24) is 9.62 Å². The second-order valence-corrected chi connectivity index (χ2v) is 8.04. The average molecular weight is 362 g/mol. The van der Waals surface area contributed by atoms with E-state index in [0.717, 1.165) is 0 Å². The third kappa shape index (κ3) is 3.88. The molecule has 0 spiro atoms. The third-order valence-electron chi connectivity index (χ3n) is 3.56. The zero-order valence-electron chi connectivity index (χ0n) is 12.7. The molecular weight excluding hydrogens is 344 g/mol. The van der Waals surface area contributed by atoms with E-state index < -0.39 is 27.9 Å². The minimum Gasteiger partial charge on any atom is -0.481 e. The number of hydrogen-bond acceptors (Lipinski definition) is 6. The van der Waals surface area contributed by atoms with E-state index in [0.29, 0.717) is 18.1 Å². The highest BCUT2D eigenvalue weighted by molar-refractivity contribution is 7.99. The minimum absolute atomic E-state index is 0.140. The molecule has 1 aliphatic heterocycles. The maximum atomic E-state index is 12.7. The zero-order valence-corrected chi connectivity index (χ0v) is 14.4. The van der Waals surface area contributed by atoms with Crippen LogP contribution in [0.1, 0.15) is 22.5 Å². The molecule has 0 bridgehead atoms. The lowest BCUT2D eigenvalue weighted by Crippen LogP contribution is -2.47. The number of aliphatic carboxylic acids is 1. The van der Waals surface area contributed by atoms with Crippen molar-refractivity contribution >= 4 is 33.7 Å². The molecule has 10 heteroatoms. The van der Waals surface area contributed by atoms with Crippen LogP contribution in [-0.2, 0) is 14.8 Å². The van der Waals surface area contributed by atoms with Crippen molar-refractivity contribution in [1.29, 1.82) is 0 Å².